The van der Waals surface area contributed by atoms with E-state index in [0.717, 1.165) is 18.4 Å². The number of nitrogens with zero attached hydrogens (tertiary/aromatic N) is 4. The lowest BCUT2D eigenvalue weighted by Crippen LogP contribution is -2.51. The molecule has 0 aliphatic carbocycles. The highest BCUT2D eigenvalue weighted by atomic mass is 16.2. The predicted octanol–water partition coefficient (Wildman–Crippen LogP) is 2.59. The summed E-state index contributed by atoms with van der Waals surface area (Å²) in [5.74, 6) is 0.126. The molecule has 0 radical (unpaired) electrons. The Morgan fingerprint density at radius 1 is 1.21 bits per heavy atom. The summed E-state index contributed by atoms with van der Waals surface area (Å²) >= 11 is 0. The minimum Gasteiger partial charge on any atom is -0.341 e. The van der Waals surface area contributed by atoms with Crippen LogP contribution in [0.2, 0.25) is 0 Å². The molecule has 28 heavy (non-hydrogen) atoms. The van der Waals surface area contributed by atoms with Gasteiger partial charge in [-0.15, -0.1) is 5.10 Å². The fourth-order valence-corrected chi connectivity index (χ4v) is 3.74. The predicted molar refractivity (Wildman–Crippen MR) is 107 cm³/mol. The summed E-state index contributed by atoms with van der Waals surface area (Å²) in [6.45, 7) is 7.37. The zero-order valence-corrected chi connectivity index (χ0v) is 16.8. The van der Waals surface area contributed by atoms with Crippen LogP contribution in [0.1, 0.15) is 55.1 Å². The van der Waals surface area contributed by atoms with Gasteiger partial charge in [0.05, 0.1) is 12.2 Å². The zero-order valence-electron chi connectivity index (χ0n) is 16.8. The molecule has 1 fully saturated rings. The number of rotatable bonds is 6. The smallest absolute Gasteiger partial charge is 0.252 e. The molecule has 1 N–H and O–H groups in total. The van der Waals surface area contributed by atoms with Crippen molar-refractivity contribution in [1.82, 2.24) is 25.2 Å². The maximum absolute atomic E-state index is 13.2. The second-order valence-corrected chi connectivity index (χ2v) is 7.91. The first-order valence-electron chi connectivity index (χ1n) is 9.96. The minimum atomic E-state index is -0.505. The van der Waals surface area contributed by atoms with Crippen LogP contribution >= 0.6 is 0 Å². The topological polar surface area (TPSA) is 80.1 Å². The monoisotopic (exact) mass is 383 g/mol. The fraction of sp³-hybridized carbons (Fsp3) is 0.524. The first kappa shape index (κ1) is 20.0. The van der Waals surface area contributed by atoms with Gasteiger partial charge in [-0.05, 0) is 43.7 Å². The molecule has 2 aromatic rings. The SMILES string of the molecule is Cc1ccccc1C(=O)N[C@H](CC(C)C)C(=O)N1CCC(n2ccnn2)CC1. The summed E-state index contributed by atoms with van der Waals surface area (Å²) in [5.41, 5.74) is 1.53. The van der Waals surface area contributed by atoms with Gasteiger partial charge in [-0.25, -0.2) is 4.68 Å². The summed E-state index contributed by atoms with van der Waals surface area (Å²) < 4.78 is 1.87. The average molecular weight is 383 g/mol. The Kier molecular flexibility index (Phi) is 6.44. The Hall–Kier alpha value is -2.70. The molecule has 0 bridgehead atoms. The molecule has 1 atom stereocenters. The maximum atomic E-state index is 13.2. The van der Waals surface area contributed by atoms with E-state index in [1.54, 1.807) is 12.3 Å². The van der Waals surface area contributed by atoms with Crippen molar-refractivity contribution in [2.24, 2.45) is 5.92 Å². The number of hydrogen-bond acceptors (Lipinski definition) is 4. The number of carbonyl (C=O) groups excluding carboxylic acids is 2. The number of nitrogens with one attached hydrogen (secondary N) is 1. The number of aryl methyl sites for hydroxylation is 1. The molecule has 2 amide bonds. The fourth-order valence-electron chi connectivity index (χ4n) is 3.74. The van der Waals surface area contributed by atoms with Crippen LogP contribution in [0, 0.1) is 12.8 Å². The highest BCUT2D eigenvalue weighted by Gasteiger charge is 2.30. The van der Waals surface area contributed by atoms with Crippen molar-refractivity contribution in [2.45, 2.75) is 52.1 Å². The van der Waals surface area contributed by atoms with E-state index in [4.69, 9.17) is 0 Å². The van der Waals surface area contributed by atoms with Crippen LogP contribution in [0.5, 0.6) is 0 Å². The van der Waals surface area contributed by atoms with E-state index in [2.05, 4.69) is 29.5 Å². The first-order valence-corrected chi connectivity index (χ1v) is 9.96. The van der Waals surface area contributed by atoms with Gasteiger partial charge in [0.2, 0.25) is 5.91 Å². The van der Waals surface area contributed by atoms with Crippen molar-refractivity contribution in [3.63, 3.8) is 0 Å². The van der Waals surface area contributed by atoms with Crippen LogP contribution in [-0.4, -0.2) is 50.8 Å². The zero-order chi connectivity index (χ0) is 20.1. The van der Waals surface area contributed by atoms with Crippen molar-refractivity contribution in [3.8, 4) is 0 Å². The molecule has 3 rings (SSSR count). The lowest BCUT2D eigenvalue weighted by Gasteiger charge is -2.34. The molecule has 1 aromatic carbocycles. The van der Waals surface area contributed by atoms with E-state index in [1.165, 1.54) is 0 Å². The van der Waals surface area contributed by atoms with Crippen molar-refractivity contribution >= 4 is 11.8 Å². The number of likely N-dealkylation sites (tertiary alicyclic amines) is 1. The average Bonchev–Trinajstić information content (AvgIpc) is 3.22. The van der Waals surface area contributed by atoms with Gasteiger partial charge in [-0.3, -0.25) is 9.59 Å². The normalized spacial score (nSPS) is 16.2. The molecule has 1 saturated heterocycles. The van der Waals surface area contributed by atoms with Gasteiger partial charge in [0, 0.05) is 24.8 Å². The molecule has 2 heterocycles. The maximum Gasteiger partial charge on any atom is 0.252 e. The highest BCUT2D eigenvalue weighted by molar-refractivity contribution is 5.98. The van der Waals surface area contributed by atoms with Crippen molar-refractivity contribution in [1.29, 1.82) is 0 Å². The molecule has 0 spiro atoms. The summed E-state index contributed by atoms with van der Waals surface area (Å²) in [5, 5.41) is 10.9. The molecule has 0 saturated carbocycles. The standard InChI is InChI=1S/C21H29N5O2/c1-15(2)14-19(23-20(27)18-7-5-4-6-16(18)3)21(28)25-11-8-17(9-12-25)26-13-10-22-24-26/h4-7,10,13,15,17,19H,8-9,11-12,14H2,1-3H3,(H,23,27)/t19-/m1/s1. The van der Waals surface area contributed by atoms with Crippen molar-refractivity contribution in [2.75, 3.05) is 13.1 Å². The van der Waals surface area contributed by atoms with Crippen LogP contribution in [0.25, 0.3) is 0 Å². The summed E-state index contributed by atoms with van der Waals surface area (Å²) in [6, 6.07) is 7.22. The van der Waals surface area contributed by atoms with Gasteiger partial charge < -0.3 is 10.2 Å². The lowest BCUT2D eigenvalue weighted by atomic mass is 9.99. The van der Waals surface area contributed by atoms with Crippen LogP contribution < -0.4 is 5.32 Å². The van der Waals surface area contributed by atoms with Crippen LogP contribution in [-0.2, 0) is 4.79 Å². The quantitative estimate of drug-likeness (QED) is 0.831. The second kappa shape index (κ2) is 8.99. The first-order chi connectivity index (χ1) is 13.5. The Labute approximate surface area is 166 Å². The molecule has 1 aromatic heterocycles. The Morgan fingerprint density at radius 3 is 2.54 bits per heavy atom. The minimum absolute atomic E-state index is 0.00711. The summed E-state index contributed by atoms with van der Waals surface area (Å²) in [7, 11) is 0. The Morgan fingerprint density at radius 2 is 1.93 bits per heavy atom. The third-order valence-corrected chi connectivity index (χ3v) is 5.29. The van der Waals surface area contributed by atoms with E-state index < -0.39 is 6.04 Å². The third kappa shape index (κ3) is 4.77. The summed E-state index contributed by atoms with van der Waals surface area (Å²) in [6.07, 6.45) is 5.85. The lowest BCUT2D eigenvalue weighted by molar-refractivity contribution is -0.135. The van der Waals surface area contributed by atoms with Gasteiger partial charge in [0.1, 0.15) is 6.04 Å². The van der Waals surface area contributed by atoms with Gasteiger partial charge in [0.15, 0.2) is 0 Å². The van der Waals surface area contributed by atoms with E-state index >= 15 is 0 Å². The summed E-state index contributed by atoms with van der Waals surface area (Å²) in [4.78, 5) is 27.8. The Bertz CT molecular complexity index is 795. The van der Waals surface area contributed by atoms with E-state index in [9.17, 15) is 9.59 Å². The van der Waals surface area contributed by atoms with Crippen LogP contribution in [0.3, 0.4) is 0 Å². The highest BCUT2D eigenvalue weighted by Crippen LogP contribution is 2.22. The molecule has 0 unspecified atom stereocenters. The number of piperidine rings is 1. The second-order valence-electron chi connectivity index (χ2n) is 7.91. The van der Waals surface area contributed by atoms with Gasteiger partial charge >= 0.3 is 0 Å². The van der Waals surface area contributed by atoms with E-state index in [0.29, 0.717) is 31.0 Å². The van der Waals surface area contributed by atoms with Crippen molar-refractivity contribution in [3.05, 3.63) is 47.8 Å². The van der Waals surface area contributed by atoms with Gasteiger partial charge in [-0.1, -0.05) is 37.3 Å². The molecular weight excluding hydrogens is 354 g/mol. The van der Waals surface area contributed by atoms with Crippen molar-refractivity contribution < 1.29 is 9.59 Å². The molecule has 1 aliphatic rings. The molecule has 7 nitrogen and oxygen atoms in total. The van der Waals surface area contributed by atoms with Gasteiger partial charge in [-0.2, -0.15) is 0 Å². The Balaban J connectivity index is 1.65. The third-order valence-electron chi connectivity index (χ3n) is 5.29. The number of amides is 2. The number of benzene rings is 1. The van der Waals surface area contributed by atoms with E-state index in [-0.39, 0.29) is 17.9 Å². The molecule has 150 valence electrons. The molecular formula is C21H29N5O2. The number of aromatic nitrogens is 3. The van der Waals surface area contributed by atoms with Crippen LogP contribution in [0.15, 0.2) is 36.7 Å². The van der Waals surface area contributed by atoms with Gasteiger partial charge in [0.25, 0.3) is 5.91 Å². The molecule has 7 heteroatoms. The largest absolute Gasteiger partial charge is 0.341 e. The molecule has 1 aliphatic heterocycles. The van der Waals surface area contributed by atoms with Crippen LogP contribution in [0.4, 0.5) is 0 Å². The van der Waals surface area contributed by atoms with E-state index in [1.807, 2.05) is 40.9 Å². The number of carbonyl (C=O) groups is 2. The number of hydrogen-bond donors (Lipinski definition) is 1.